The number of rotatable bonds is 6. The quantitative estimate of drug-likeness (QED) is 0.208. The molecule has 0 aromatic heterocycles. The van der Waals surface area contributed by atoms with Crippen LogP contribution in [0.2, 0.25) is 0 Å². The zero-order chi connectivity index (χ0) is 27.7. The van der Waals surface area contributed by atoms with Crippen LogP contribution in [-0.2, 0) is 9.31 Å². The number of para-hydroxylation sites is 2. The van der Waals surface area contributed by atoms with Gasteiger partial charge < -0.3 is 14.2 Å². The van der Waals surface area contributed by atoms with Crippen LogP contribution in [0.25, 0.3) is 22.3 Å². The van der Waals surface area contributed by atoms with Crippen LogP contribution in [0.3, 0.4) is 0 Å². The minimum absolute atomic E-state index is 0.383. The molecular formula is C36H34BNO2. The van der Waals surface area contributed by atoms with E-state index in [0.717, 1.165) is 22.5 Å². The van der Waals surface area contributed by atoms with Gasteiger partial charge in [-0.1, -0.05) is 109 Å². The maximum atomic E-state index is 6.34. The predicted molar refractivity (Wildman–Crippen MR) is 168 cm³/mol. The lowest BCUT2D eigenvalue weighted by molar-refractivity contribution is 0.00578. The van der Waals surface area contributed by atoms with Crippen molar-refractivity contribution < 1.29 is 9.31 Å². The van der Waals surface area contributed by atoms with Gasteiger partial charge in [0.15, 0.2) is 0 Å². The second-order valence-corrected chi connectivity index (χ2v) is 11.3. The summed E-state index contributed by atoms with van der Waals surface area (Å²) in [6.45, 7) is 8.35. The molecule has 0 amide bonds. The van der Waals surface area contributed by atoms with Gasteiger partial charge in [0.1, 0.15) is 0 Å². The molecule has 6 rings (SSSR count). The summed E-state index contributed by atoms with van der Waals surface area (Å²) in [7, 11) is -0.402. The molecule has 0 bridgehead atoms. The fourth-order valence-electron chi connectivity index (χ4n) is 5.23. The monoisotopic (exact) mass is 523 g/mol. The topological polar surface area (TPSA) is 21.7 Å². The number of anilines is 3. The Labute approximate surface area is 238 Å². The van der Waals surface area contributed by atoms with E-state index in [1.807, 2.05) is 0 Å². The fourth-order valence-corrected chi connectivity index (χ4v) is 5.23. The third kappa shape index (κ3) is 4.85. The predicted octanol–water partition coefficient (Wildman–Crippen LogP) is 8.79. The lowest BCUT2D eigenvalue weighted by Gasteiger charge is -2.32. The second-order valence-electron chi connectivity index (χ2n) is 11.3. The first kappa shape index (κ1) is 26.1. The van der Waals surface area contributed by atoms with E-state index in [9.17, 15) is 0 Å². The molecule has 1 fully saturated rings. The summed E-state index contributed by atoms with van der Waals surface area (Å²) in [5.74, 6) is 0. The first-order valence-corrected chi connectivity index (χ1v) is 13.9. The molecule has 5 aromatic carbocycles. The van der Waals surface area contributed by atoms with Gasteiger partial charge >= 0.3 is 7.12 Å². The third-order valence-electron chi connectivity index (χ3n) is 8.14. The Morgan fingerprint density at radius 1 is 0.475 bits per heavy atom. The SMILES string of the molecule is CC1(C)OB(c2ccc(N(c3ccccc3-c3ccccc3)c3ccccc3-c3ccccc3)cc2)OC1(C)C. The molecule has 1 aliphatic rings. The number of hydrogen-bond acceptors (Lipinski definition) is 3. The molecule has 0 radical (unpaired) electrons. The van der Waals surface area contributed by atoms with E-state index in [-0.39, 0.29) is 11.2 Å². The van der Waals surface area contributed by atoms with E-state index in [4.69, 9.17) is 9.31 Å². The van der Waals surface area contributed by atoms with Crippen molar-refractivity contribution in [3.63, 3.8) is 0 Å². The minimum Gasteiger partial charge on any atom is -0.399 e. The van der Waals surface area contributed by atoms with Crippen LogP contribution in [0.4, 0.5) is 17.1 Å². The molecule has 0 saturated carbocycles. The smallest absolute Gasteiger partial charge is 0.399 e. The Morgan fingerprint density at radius 3 is 1.32 bits per heavy atom. The number of nitrogens with zero attached hydrogens (tertiary/aromatic N) is 1. The Morgan fingerprint density at radius 2 is 0.875 bits per heavy atom. The molecule has 0 aliphatic carbocycles. The van der Waals surface area contributed by atoms with Gasteiger partial charge in [-0.3, -0.25) is 0 Å². The lowest BCUT2D eigenvalue weighted by atomic mass is 9.79. The Hall–Kier alpha value is -4.12. The van der Waals surface area contributed by atoms with Crippen molar-refractivity contribution in [2.24, 2.45) is 0 Å². The summed E-state index contributed by atoms with van der Waals surface area (Å²) in [5, 5.41) is 0. The third-order valence-corrected chi connectivity index (χ3v) is 8.14. The van der Waals surface area contributed by atoms with Gasteiger partial charge in [0.05, 0.1) is 22.6 Å². The highest BCUT2D eigenvalue weighted by atomic mass is 16.7. The van der Waals surface area contributed by atoms with E-state index in [1.165, 1.54) is 22.3 Å². The van der Waals surface area contributed by atoms with Gasteiger partial charge in [0.2, 0.25) is 0 Å². The fraction of sp³-hybridized carbons (Fsp3) is 0.167. The number of benzene rings is 5. The molecule has 5 aromatic rings. The summed E-state index contributed by atoms with van der Waals surface area (Å²) < 4.78 is 12.7. The standard InChI is InChI=1S/C36H34BNO2/c1-35(2)36(3,4)40-37(39-35)29-23-25-30(26-24-29)38(33-21-13-11-19-31(33)27-15-7-5-8-16-27)34-22-14-12-20-32(34)28-17-9-6-10-18-28/h5-26H,1-4H3. The summed E-state index contributed by atoms with van der Waals surface area (Å²) in [6.07, 6.45) is 0. The average molecular weight is 523 g/mol. The van der Waals surface area contributed by atoms with Crippen molar-refractivity contribution in [2.45, 2.75) is 38.9 Å². The van der Waals surface area contributed by atoms with E-state index in [0.29, 0.717) is 0 Å². The highest BCUT2D eigenvalue weighted by Crippen LogP contribution is 2.44. The highest BCUT2D eigenvalue weighted by molar-refractivity contribution is 6.62. The van der Waals surface area contributed by atoms with Crippen molar-refractivity contribution in [3.05, 3.63) is 133 Å². The molecule has 0 unspecified atom stereocenters. The maximum absolute atomic E-state index is 6.34. The van der Waals surface area contributed by atoms with Crippen LogP contribution >= 0.6 is 0 Å². The van der Waals surface area contributed by atoms with Gasteiger partial charge in [-0.05, 0) is 68.6 Å². The summed E-state index contributed by atoms with van der Waals surface area (Å²) in [6, 6.07) is 47.0. The zero-order valence-corrected chi connectivity index (χ0v) is 23.5. The van der Waals surface area contributed by atoms with Gasteiger partial charge in [-0.15, -0.1) is 0 Å². The summed E-state index contributed by atoms with van der Waals surface area (Å²) in [4.78, 5) is 2.36. The highest BCUT2D eigenvalue weighted by Gasteiger charge is 2.51. The molecule has 0 spiro atoms. The molecule has 0 atom stereocenters. The van der Waals surface area contributed by atoms with Gasteiger partial charge in [0.25, 0.3) is 0 Å². The maximum Gasteiger partial charge on any atom is 0.494 e. The molecule has 1 heterocycles. The average Bonchev–Trinajstić information content (AvgIpc) is 3.21. The second kappa shape index (κ2) is 10.5. The molecule has 3 nitrogen and oxygen atoms in total. The van der Waals surface area contributed by atoms with Crippen molar-refractivity contribution in [3.8, 4) is 22.3 Å². The Balaban J connectivity index is 1.50. The van der Waals surface area contributed by atoms with Crippen LogP contribution < -0.4 is 10.4 Å². The van der Waals surface area contributed by atoms with Crippen molar-refractivity contribution in [2.75, 3.05) is 4.90 Å². The van der Waals surface area contributed by atoms with E-state index >= 15 is 0 Å². The van der Waals surface area contributed by atoms with Crippen LogP contribution in [0.15, 0.2) is 133 Å². The summed E-state index contributed by atoms with van der Waals surface area (Å²) >= 11 is 0. The van der Waals surface area contributed by atoms with Crippen molar-refractivity contribution >= 4 is 29.6 Å². The van der Waals surface area contributed by atoms with Crippen LogP contribution in [0.1, 0.15) is 27.7 Å². The molecule has 1 aliphatic heterocycles. The van der Waals surface area contributed by atoms with Crippen LogP contribution in [-0.4, -0.2) is 18.3 Å². The van der Waals surface area contributed by atoms with E-state index in [1.54, 1.807) is 0 Å². The van der Waals surface area contributed by atoms with E-state index in [2.05, 4.69) is 166 Å². The Kier molecular flexibility index (Phi) is 6.83. The van der Waals surface area contributed by atoms with Crippen molar-refractivity contribution in [1.29, 1.82) is 0 Å². The molecule has 198 valence electrons. The normalized spacial score (nSPS) is 15.7. The van der Waals surface area contributed by atoms with Gasteiger partial charge in [-0.2, -0.15) is 0 Å². The minimum atomic E-state index is -0.402. The van der Waals surface area contributed by atoms with Gasteiger partial charge in [0, 0.05) is 16.8 Å². The molecule has 1 saturated heterocycles. The first-order chi connectivity index (χ1) is 19.3. The van der Waals surface area contributed by atoms with Crippen LogP contribution in [0.5, 0.6) is 0 Å². The largest absolute Gasteiger partial charge is 0.494 e. The molecule has 40 heavy (non-hydrogen) atoms. The summed E-state index contributed by atoms with van der Waals surface area (Å²) in [5.41, 5.74) is 8.21. The number of hydrogen-bond donors (Lipinski definition) is 0. The molecule has 0 N–H and O–H groups in total. The van der Waals surface area contributed by atoms with Crippen molar-refractivity contribution in [1.82, 2.24) is 0 Å². The first-order valence-electron chi connectivity index (χ1n) is 13.9. The lowest BCUT2D eigenvalue weighted by Crippen LogP contribution is -2.41. The van der Waals surface area contributed by atoms with E-state index < -0.39 is 7.12 Å². The van der Waals surface area contributed by atoms with Gasteiger partial charge in [-0.25, -0.2) is 0 Å². The molecular weight excluding hydrogens is 489 g/mol. The zero-order valence-electron chi connectivity index (χ0n) is 23.5. The Bertz CT molecular complexity index is 1500. The van der Waals surface area contributed by atoms with Crippen LogP contribution in [0, 0.1) is 0 Å². The molecule has 4 heteroatoms.